The van der Waals surface area contributed by atoms with Crippen LogP contribution in [-0.4, -0.2) is 37.4 Å². The summed E-state index contributed by atoms with van der Waals surface area (Å²) in [5, 5.41) is 2.70. The summed E-state index contributed by atoms with van der Waals surface area (Å²) in [6.07, 6.45) is 2.60. The van der Waals surface area contributed by atoms with E-state index in [2.05, 4.69) is 5.32 Å². The molecule has 1 aliphatic rings. The SMILES string of the molecule is O=Cc1ccccc1OCC(=O)OCC(=O)NC1CC1. The molecule has 6 nitrogen and oxygen atoms in total. The number of hydrogen-bond acceptors (Lipinski definition) is 5. The topological polar surface area (TPSA) is 81.7 Å². The van der Waals surface area contributed by atoms with Crippen molar-refractivity contribution in [1.29, 1.82) is 0 Å². The zero-order chi connectivity index (χ0) is 14.4. The molecule has 106 valence electrons. The van der Waals surface area contributed by atoms with Crippen molar-refractivity contribution in [1.82, 2.24) is 5.32 Å². The molecule has 1 saturated carbocycles. The summed E-state index contributed by atoms with van der Waals surface area (Å²) in [5.41, 5.74) is 0.353. The largest absolute Gasteiger partial charge is 0.481 e. The Morgan fingerprint density at radius 3 is 2.70 bits per heavy atom. The van der Waals surface area contributed by atoms with E-state index in [1.165, 1.54) is 0 Å². The third kappa shape index (κ3) is 4.38. The van der Waals surface area contributed by atoms with Crippen LogP contribution in [0.5, 0.6) is 5.75 Å². The maximum absolute atomic E-state index is 11.4. The van der Waals surface area contributed by atoms with Gasteiger partial charge < -0.3 is 14.8 Å². The molecular weight excluding hydrogens is 262 g/mol. The van der Waals surface area contributed by atoms with Crippen LogP contribution in [0, 0.1) is 0 Å². The predicted molar refractivity (Wildman–Crippen MR) is 69.4 cm³/mol. The van der Waals surface area contributed by atoms with Crippen molar-refractivity contribution in [2.45, 2.75) is 18.9 Å². The molecule has 0 radical (unpaired) electrons. The van der Waals surface area contributed by atoms with Gasteiger partial charge >= 0.3 is 5.97 Å². The number of rotatable bonds is 7. The zero-order valence-electron chi connectivity index (χ0n) is 10.8. The average molecular weight is 277 g/mol. The molecule has 2 rings (SSSR count). The van der Waals surface area contributed by atoms with Crippen LogP contribution in [0.25, 0.3) is 0 Å². The molecule has 0 heterocycles. The van der Waals surface area contributed by atoms with E-state index < -0.39 is 5.97 Å². The van der Waals surface area contributed by atoms with Crippen molar-refractivity contribution in [3.63, 3.8) is 0 Å². The molecule has 20 heavy (non-hydrogen) atoms. The van der Waals surface area contributed by atoms with Gasteiger partial charge in [-0.15, -0.1) is 0 Å². The van der Waals surface area contributed by atoms with Gasteiger partial charge in [0.05, 0.1) is 5.56 Å². The molecule has 1 aromatic rings. The molecule has 0 aromatic heterocycles. The Morgan fingerprint density at radius 1 is 1.25 bits per heavy atom. The minimum absolute atomic E-state index is 0.233. The number of carbonyl (C=O) groups is 3. The van der Waals surface area contributed by atoms with Crippen molar-refractivity contribution in [3.05, 3.63) is 29.8 Å². The summed E-state index contributed by atoms with van der Waals surface area (Å²) < 4.78 is 9.94. The Morgan fingerprint density at radius 2 is 2.00 bits per heavy atom. The highest BCUT2D eigenvalue weighted by Gasteiger charge is 2.23. The second-order valence-corrected chi connectivity index (χ2v) is 4.45. The van der Waals surface area contributed by atoms with Crippen LogP contribution in [0.1, 0.15) is 23.2 Å². The minimum atomic E-state index is -0.656. The Balaban J connectivity index is 1.71. The van der Waals surface area contributed by atoms with Crippen molar-refractivity contribution >= 4 is 18.2 Å². The molecular formula is C14H15NO5. The normalized spacial score (nSPS) is 13.4. The van der Waals surface area contributed by atoms with Gasteiger partial charge in [0, 0.05) is 6.04 Å². The smallest absolute Gasteiger partial charge is 0.344 e. The number of hydrogen-bond donors (Lipinski definition) is 1. The molecule has 0 aliphatic heterocycles. The van der Waals surface area contributed by atoms with E-state index in [-0.39, 0.29) is 25.2 Å². The molecule has 1 N–H and O–H groups in total. The van der Waals surface area contributed by atoms with Crippen LogP contribution in [0.4, 0.5) is 0 Å². The molecule has 1 aliphatic carbocycles. The average Bonchev–Trinajstić information content (AvgIpc) is 3.27. The number of nitrogens with one attached hydrogen (secondary N) is 1. The van der Waals surface area contributed by atoms with Crippen LogP contribution in [0.2, 0.25) is 0 Å². The Labute approximate surface area is 116 Å². The summed E-state index contributed by atoms with van der Waals surface area (Å²) >= 11 is 0. The number of carbonyl (C=O) groups excluding carboxylic acids is 3. The van der Waals surface area contributed by atoms with Gasteiger partial charge in [0.2, 0.25) is 0 Å². The predicted octanol–water partition coefficient (Wildman–Crippen LogP) is 0.700. The number of benzene rings is 1. The molecule has 0 spiro atoms. The van der Waals surface area contributed by atoms with Crippen molar-refractivity contribution in [2.24, 2.45) is 0 Å². The highest BCUT2D eigenvalue weighted by atomic mass is 16.6. The first kappa shape index (κ1) is 14.0. The fourth-order valence-electron chi connectivity index (χ4n) is 1.53. The van der Waals surface area contributed by atoms with Crippen molar-refractivity contribution < 1.29 is 23.9 Å². The second-order valence-electron chi connectivity index (χ2n) is 4.45. The first-order chi connectivity index (χ1) is 9.69. The zero-order valence-corrected chi connectivity index (χ0v) is 10.8. The summed E-state index contributed by atoms with van der Waals surface area (Å²) in [7, 11) is 0. The first-order valence-corrected chi connectivity index (χ1v) is 6.31. The number of amides is 1. The molecule has 6 heteroatoms. The lowest BCUT2D eigenvalue weighted by atomic mass is 10.2. The maximum atomic E-state index is 11.4. The van der Waals surface area contributed by atoms with E-state index in [1.807, 2.05) is 0 Å². The standard InChI is InChI=1S/C14H15NO5/c16-7-10-3-1-2-4-12(10)19-9-14(18)20-8-13(17)15-11-5-6-11/h1-4,7,11H,5-6,8-9H2,(H,15,17). The van der Waals surface area contributed by atoms with Gasteiger partial charge in [-0.05, 0) is 25.0 Å². The summed E-state index contributed by atoms with van der Waals surface area (Å²) in [6.45, 7) is -0.657. The second kappa shape index (κ2) is 6.70. The van der Waals surface area contributed by atoms with Gasteiger partial charge in [0.25, 0.3) is 5.91 Å². The number of para-hydroxylation sites is 1. The van der Waals surface area contributed by atoms with E-state index in [1.54, 1.807) is 24.3 Å². The van der Waals surface area contributed by atoms with Crippen LogP contribution in [0.15, 0.2) is 24.3 Å². The molecule has 0 bridgehead atoms. The summed E-state index contributed by atoms with van der Waals surface area (Å²) in [6, 6.07) is 6.78. The molecule has 0 saturated heterocycles. The number of aldehydes is 1. The summed E-state index contributed by atoms with van der Waals surface area (Å²) in [5.74, 6) is -0.660. The van der Waals surface area contributed by atoms with Crippen LogP contribution in [-0.2, 0) is 14.3 Å². The minimum Gasteiger partial charge on any atom is -0.481 e. The van der Waals surface area contributed by atoms with Crippen LogP contribution >= 0.6 is 0 Å². The summed E-state index contributed by atoms with van der Waals surface area (Å²) in [4.78, 5) is 33.4. The van der Waals surface area contributed by atoms with Gasteiger partial charge in [-0.2, -0.15) is 0 Å². The van der Waals surface area contributed by atoms with E-state index in [4.69, 9.17) is 9.47 Å². The van der Waals surface area contributed by atoms with Crippen molar-refractivity contribution in [2.75, 3.05) is 13.2 Å². The van der Waals surface area contributed by atoms with Gasteiger partial charge in [-0.25, -0.2) is 4.79 Å². The monoisotopic (exact) mass is 277 g/mol. The quantitative estimate of drug-likeness (QED) is 0.586. The van der Waals surface area contributed by atoms with Gasteiger partial charge in [0.15, 0.2) is 19.5 Å². The molecule has 1 fully saturated rings. The fraction of sp³-hybridized carbons (Fsp3) is 0.357. The third-order valence-electron chi connectivity index (χ3n) is 2.70. The van der Waals surface area contributed by atoms with Gasteiger partial charge in [0.1, 0.15) is 5.75 Å². The molecule has 0 unspecified atom stereocenters. The van der Waals surface area contributed by atoms with E-state index in [9.17, 15) is 14.4 Å². The van der Waals surface area contributed by atoms with E-state index >= 15 is 0 Å². The van der Waals surface area contributed by atoms with E-state index in [0.717, 1.165) is 12.8 Å². The maximum Gasteiger partial charge on any atom is 0.344 e. The lowest BCUT2D eigenvalue weighted by Gasteiger charge is -2.08. The Bertz CT molecular complexity index is 510. The molecule has 1 amide bonds. The van der Waals surface area contributed by atoms with Crippen molar-refractivity contribution in [3.8, 4) is 5.75 Å². The van der Waals surface area contributed by atoms with Crippen LogP contribution in [0.3, 0.4) is 0 Å². The highest BCUT2D eigenvalue weighted by Crippen LogP contribution is 2.18. The lowest BCUT2D eigenvalue weighted by molar-refractivity contribution is -0.150. The van der Waals surface area contributed by atoms with Crippen LogP contribution < -0.4 is 10.1 Å². The number of ether oxygens (including phenoxy) is 2. The van der Waals surface area contributed by atoms with Gasteiger partial charge in [-0.3, -0.25) is 9.59 Å². The fourth-order valence-corrected chi connectivity index (χ4v) is 1.53. The van der Waals surface area contributed by atoms with Gasteiger partial charge in [-0.1, -0.05) is 12.1 Å². The first-order valence-electron chi connectivity index (χ1n) is 6.31. The molecule has 0 atom stereocenters. The highest BCUT2D eigenvalue weighted by molar-refractivity contribution is 5.82. The molecule has 1 aromatic carbocycles. The Kier molecular flexibility index (Phi) is 4.70. The Hall–Kier alpha value is -2.37. The lowest BCUT2D eigenvalue weighted by Crippen LogP contribution is -2.31. The number of esters is 1. The third-order valence-corrected chi connectivity index (χ3v) is 2.70. The van der Waals surface area contributed by atoms with E-state index in [0.29, 0.717) is 17.6 Å².